The van der Waals surface area contributed by atoms with Gasteiger partial charge in [-0.2, -0.15) is 0 Å². The summed E-state index contributed by atoms with van der Waals surface area (Å²) in [4.78, 5) is 0. The molecule has 0 fully saturated rings. The summed E-state index contributed by atoms with van der Waals surface area (Å²) < 4.78 is 24.6. The van der Waals surface area contributed by atoms with Crippen molar-refractivity contribution in [3.8, 4) is 0 Å². The molecule has 1 aromatic carbocycles. The van der Waals surface area contributed by atoms with E-state index >= 15 is 0 Å². The highest BCUT2D eigenvalue weighted by molar-refractivity contribution is 7.92. The number of benzene rings is 1. The fourth-order valence-electron chi connectivity index (χ4n) is 1.80. The van der Waals surface area contributed by atoms with Gasteiger partial charge in [-0.1, -0.05) is 0 Å². The van der Waals surface area contributed by atoms with Crippen molar-refractivity contribution in [1.82, 2.24) is 0 Å². The number of hydrogen-bond acceptors (Lipinski definition) is 4. The van der Waals surface area contributed by atoms with Gasteiger partial charge >= 0.3 is 0 Å². The molecule has 93 valence electrons. The topological polar surface area (TPSA) is 69.6 Å². The van der Waals surface area contributed by atoms with Gasteiger partial charge in [0, 0.05) is 19.3 Å². The summed E-state index contributed by atoms with van der Waals surface area (Å²) in [5, 5.41) is 12.0. The third kappa shape index (κ3) is 2.37. The fraction of sp³-hybridized carbons (Fsp3) is 0.364. The standard InChI is InChI=1S/C11H15N2O3S/c1-8(14)6-12-10-3-4-11-9(5-10)7-17(15,16)13(11)2/h3-5,8,12,14H,1,6-7H2,2H3. The summed E-state index contributed by atoms with van der Waals surface area (Å²) >= 11 is 0. The van der Waals surface area contributed by atoms with Crippen LogP contribution in [-0.2, 0) is 15.8 Å². The highest BCUT2D eigenvalue weighted by Gasteiger charge is 2.29. The van der Waals surface area contributed by atoms with Gasteiger partial charge in [0.25, 0.3) is 0 Å². The second-order valence-corrected chi connectivity index (χ2v) is 6.10. The number of nitrogens with zero attached hydrogens (tertiary/aromatic N) is 1. The first kappa shape index (κ1) is 12.2. The normalized spacial score (nSPS) is 18.9. The van der Waals surface area contributed by atoms with Crippen LogP contribution >= 0.6 is 0 Å². The Balaban J connectivity index is 2.23. The Bertz CT molecular complexity index is 526. The highest BCUT2D eigenvalue weighted by atomic mass is 32.2. The number of anilines is 2. The minimum atomic E-state index is -3.19. The largest absolute Gasteiger partial charge is 0.391 e. The van der Waals surface area contributed by atoms with E-state index in [0.717, 1.165) is 11.3 Å². The molecule has 0 saturated heterocycles. The van der Waals surface area contributed by atoms with Gasteiger partial charge < -0.3 is 10.4 Å². The molecule has 2 rings (SSSR count). The molecular formula is C11H15N2O3S. The van der Waals surface area contributed by atoms with Crippen molar-refractivity contribution in [3.63, 3.8) is 0 Å². The van der Waals surface area contributed by atoms with E-state index in [1.165, 1.54) is 4.31 Å². The molecule has 17 heavy (non-hydrogen) atoms. The maximum absolute atomic E-state index is 11.7. The molecule has 0 aliphatic carbocycles. The number of hydrogen-bond donors (Lipinski definition) is 2. The lowest BCUT2D eigenvalue weighted by molar-refractivity contribution is 0.234. The molecule has 0 amide bonds. The van der Waals surface area contributed by atoms with Crippen LogP contribution in [0, 0.1) is 6.92 Å². The fourth-order valence-corrected chi connectivity index (χ4v) is 3.09. The molecule has 0 saturated carbocycles. The third-order valence-electron chi connectivity index (χ3n) is 2.72. The number of nitrogens with one attached hydrogen (secondary N) is 1. The number of rotatable bonds is 3. The summed E-state index contributed by atoms with van der Waals surface area (Å²) in [5.41, 5.74) is 2.28. The Morgan fingerprint density at radius 3 is 2.94 bits per heavy atom. The monoisotopic (exact) mass is 255 g/mol. The highest BCUT2D eigenvalue weighted by Crippen LogP contribution is 2.33. The maximum Gasteiger partial charge on any atom is 0.239 e. The van der Waals surface area contributed by atoms with Crippen LogP contribution in [0.25, 0.3) is 0 Å². The van der Waals surface area contributed by atoms with Crippen molar-refractivity contribution in [3.05, 3.63) is 30.7 Å². The molecule has 1 radical (unpaired) electrons. The molecular weight excluding hydrogens is 240 g/mol. The zero-order chi connectivity index (χ0) is 12.6. The third-order valence-corrected chi connectivity index (χ3v) is 4.42. The van der Waals surface area contributed by atoms with Crippen molar-refractivity contribution in [1.29, 1.82) is 0 Å². The molecule has 6 heteroatoms. The van der Waals surface area contributed by atoms with Crippen molar-refractivity contribution in [2.45, 2.75) is 11.9 Å². The van der Waals surface area contributed by atoms with Gasteiger partial charge in [0.15, 0.2) is 0 Å². The SMILES string of the molecule is [CH2]C(O)CNc1ccc2c(c1)CS(=O)(=O)N2C. The molecule has 1 heterocycles. The molecule has 5 nitrogen and oxygen atoms in total. The lowest BCUT2D eigenvalue weighted by Crippen LogP contribution is -2.20. The van der Waals surface area contributed by atoms with Gasteiger partial charge in [-0.25, -0.2) is 8.42 Å². The number of sulfonamides is 1. The van der Waals surface area contributed by atoms with E-state index in [4.69, 9.17) is 5.11 Å². The average Bonchev–Trinajstić information content (AvgIpc) is 2.46. The predicted octanol–water partition coefficient (Wildman–Crippen LogP) is 0.573. The van der Waals surface area contributed by atoms with Gasteiger partial charge in [0.1, 0.15) is 0 Å². The number of aliphatic hydroxyl groups excluding tert-OH is 1. The molecule has 0 aromatic heterocycles. The Morgan fingerprint density at radius 2 is 2.29 bits per heavy atom. The van der Waals surface area contributed by atoms with Gasteiger partial charge in [0.2, 0.25) is 10.0 Å². The van der Waals surface area contributed by atoms with Crippen LogP contribution in [-0.4, -0.2) is 33.2 Å². The van der Waals surface area contributed by atoms with E-state index in [1.54, 1.807) is 25.2 Å². The van der Waals surface area contributed by atoms with Gasteiger partial charge in [-0.3, -0.25) is 4.31 Å². The smallest absolute Gasteiger partial charge is 0.239 e. The molecule has 0 spiro atoms. The van der Waals surface area contributed by atoms with Crippen LogP contribution in [0.1, 0.15) is 5.56 Å². The minimum absolute atomic E-state index is 0.0290. The minimum Gasteiger partial charge on any atom is -0.391 e. The van der Waals surface area contributed by atoms with Crippen molar-refractivity contribution >= 4 is 21.4 Å². The molecule has 1 unspecified atom stereocenters. The first-order valence-corrected chi connectivity index (χ1v) is 6.85. The lowest BCUT2D eigenvalue weighted by atomic mass is 10.1. The Morgan fingerprint density at radius 1 is 1.59 bits per heavy atom. The van der Waals surface area contributed by atoms with E-state index in [-0.39, 0.29) is 5.75 Å². The summed E-state index contributed by atoms with van der Waals surface area (Å²) in [6.45, 7) is 3.78. The van der Waals surface area contributed by atoms with Crippen molar-refractivity contribution in [2.75, 3.05) is 23.2 Å². The Labute approximate surface area is 101 Å². The van der Waals surface area contributed by atoms with Crippen LogP contribution < -0.4 is 9.62 Å². The maximum atomic E-state index is 11.7. The van der Waals surface area contributed by atoms with Crippen LogP contribution in [0.3, 0.4) is 0 Å². The van der Waals surface area contributed by atoms with Crippen LogP contribution in [0.2, 0.25) is 0 Å². The van der Waals surface area contributed by atoms with Crippen LogP contribution in [0.15, 0.2) is 18.2 Å². The molecule has 1 atom stereocenters. The van der Waals surface area contributed by atoms with Crippen molar-refractivity contribution < 1.29 is 13.5 Å². The lowest BCUT2D eigenvalue weighted by Gasteiger charge is -2.12. The second-order valence-electron chi connectivity index (χ2n) is 4.10. The zero-order valence-electron chi connectivity index (χ0n) is 9.55. The summed E-state index contributed by atoms with van der Waals surface area (Å²) in [6, 6.07) is 5.34. The van der Waals surface area contributed by atoms with Gasteiger partial charge in [-0.05, 0) is 30.7 Å². The van der Waals surface area contributed by atoms with Crippen LogP contribution in [0.4, 0.5) is 11.4 Å². The van der Waals surface area contributed by atoms with Gasteiger partial charge in [-0.15, -0.1) is 0 Å². The number of fused-ring (bicyclic) bond motifs is 1. The Kier molecular flexibility index (Phi) is 3.01. The van der Waals surface area contributed by atoms with E-state index < -0.39 is 16.1 Å². The summed E-state index contributed by atoms with van der Waals surface area (Å²) in [5.74, 6) is 0.0290. The quantitative estimate of drug-likeness (QED) is 0.828. The molecule has 1 aromatic rings. The predicted molar refractivity (Wildman–Crippen MR) is 67.3 cm³/mol. The van der Waals surface area contributed by atoms with Crippen molar-refractivity contribution in [2.24, 2.45) is 0 Å². The van der Waals surface area contributed by atoms with E-state index in [0.29, 0.717) is 12.2 Å². The molecule has 2 N–H and O–H groups in total. The first-order chi connectivity index (χ1) is 7.90. The molecule has 0 bridgehead atoms. The summed E-state index contributed by atoms with van der Waals surface area (Å²) in [7, 11) is -1.64. The Hall–Kier alpha value is -1.27. The van der Waals surface area contributed by atoms with Gasteiger partial charge in [0.05, 0.1) is 17.5 Å². The second kappa shape index (κ2) is 4.19. The van der Waals surface area contributed by atoms with E-state index in [1.807, 2.05) is 0 Å². The number of aliphatic hydroxyl groups is 1. The first-order valence-electron chi connectivity index (χ1n) is 5.25. The van der Waals surface area contributed by atoms with E-state index in [2.05, 4.69) is 12.2 Å². The molecule has 1 aliphatic rings. The van der Waals surface area contributed by atoms with E-state index in [9.17, 15) is 8.42 Å². The van der Waals surface area contributed by atoms with Crippen LogP contribution in [0.5, 0.6) is 0 Å². The summed E-state index contributed by atoms with van der Waals surface area (Å²) in [6.07, 6.45) is -0.685. The zero-order valence-corrected chi connectivity index (χ0v) is 10.4. The average molecular weight is 255 g/mol. The molecule has 1 aliphatic heterocycles.